The lowest BCUT2D eigenvalue weighted by atomic mass is 9.82. The van der Waals surface area contributed by atoms with Crippen molar-refractivity contribution >= 4 is 0 Å². The lowest BCUT2D eigenvalue weighted by Gasteiger charge is -2.34. The van der Waals surface area contributed by atoms with Gasteiger partial charge in [0.1, 0.15) is 0 Å². The van der Waals surface area contributed by atoms with Crippen LogP contribution in [0.4, 0.5) is 0 Å². The summed E-state index contributed by atoms with van der Waals surface area (Å²) in [5, 5.41) is 3.50. The molecule has 1 fully saturated rings. The minimum Gasteiger partial charge on any atom is -0.381 e. The molecular formula is C12H26N2O. The number of ether oxygens (including phenoxy) is 1. The van der Waals surface area contributed by atoms with E-state index < -0.39 is 0 Å². The molecular weight excluding hydrogens is 188 g/mol. The molecule has 90 valence electrons. The van der Waals surface area contributed by atoms with E-state index in [1.165, 1.54) is 19.3 Å². The second-order valence-electron chi connectivity index (χ2n) is 5.10. The number of nitrogens with two attached hydrogens (primary N) is 1. The summed E-state index contributed by atoms with van der Waals surface area (Å²) < 4.78 is 5.38. The minimum atomic E-state index is 0.318. The fourth-order valence-corrected chi connectivity index (χ4v) is 2.07. The van der Waals surface area contributed by atoms with Gasteiger partial charge in [-0.15, -0.1) is 0 Å². The quantitative estimate of drug-likeness (QED) is 0.705. The summed E-state index contributed by atoms with van der Waals surface area (Å²) in [7, 11) is 0. The first-order chi connectivity index (χ1) is 7.16. The third-order valence-electron chi connectivity index (χ3n) is 3.32. The second kappa shape index (κ2) is 6.46. The molecule has 1 saturated heterocycles. The molecule has 0 aromatic rings. The summed E-state index contributed by atoms with van der Waals surface area (Å²) in [6.45, 7) is 8.38. The Bertz CT molecular complexity index is 167. The maximum atomic E-state index is 5.96. The number of hydrogen-bond donors (Lipinski definition) is 2. The smallest absolute Gasteiger partial charge is 0.0471 e. The van der Waals surface area contributed by atoms with Crippen molar-refractivity contribution in [2.45, 2.75) is 45.6 Å². The molecule has 0 spiro atoms. The van der Waals surface area contributed by atoms with Gasteiger partial charge in [0, 0.05) is 32.3 Å². The van der Waals surface area contributed by atoms with E-state index >= 15 is 0 Å². The molecule has 1 rings (SSSR count). The predicted molar refractivity (Wildman–Crippen MR) is 63.9 cm³/mol. The number of nitrogens with one attached hydrogen (secondary N) is 1. The maximum Gasteiger partial charge on any atom is 0.0471 e. The predicted octanol–water partition coefficient (Wildman–Crippen LogP) is 1.52. The zero-order chi connectivity index (χ0) is 11.1. The van der Waals surface area contributed by atoms with E-state index in [9.17, 15) is 0 Å². The highest BCUT2D eigenvalue weighted by atomic mass is 16.5. The molecule has 1 heterocycles. The molecule has 0 aromatic carbocycles. The normalized spacial score (nSPS) is 22.6. The highest BCUT2D eigenvalue weighted by molar-refractivity contribution is 4.80. The summed E-state index contributed by atoms with van der Waals surface area (Å²) in [6, 6.07) is 0.318. The van der Waals surface area contributed by atoms with Crippen molar-refractivity contribution in [2.75, 3.05) is 26.3 Å². The van der Waals surface area contributed by atoms with Gasteiger partial charge in [-0.2, -0.15) is 0 Å². The topological polar surface area (TPSA) is 47.3 Å². The average molecular weight is 214 g/mol. The molecule has 0 saturated carbocycles. The van der Waals surface area contributed by atoms with Gasteiger partial charge in [-0.3, -0.25) is 0 Å². The van der Waals surface area contributed by atoms with Crippen LogP contribution in [-0.4, -0.2) is 32.3 Å². The first-order valence-corrected chi connectivity index (χ1v) is 6.20. The van der Waals surface area contributed by atoms with E-state index in [1.807, 2.05) is 0 Å². The molecule has 0 aromatic heterocycles. The van der Waals surface area contributed by atoms with Crippen molar-refractivity contribution in [3.8, 4) is 0 Å². The van der Waals surface area contributed by atoms with Crippen LogP contribution in [-0.2, 0) is 4.74 Å². The Hall–Kier alpha value is -0.120. The van der Waals surface area contributed by atoms with Gasteiger partial charge in [0.05, 0.1) is 0 Å². The fourth-order valence-electron chi connectivity index (χ4n) is 2.07. The Kier molecular flexibility index (Phi) is 5.58. The van der Waals surface area contributed by atoms with Crippen LogP contribution in [0.1, 0.15) is 39.5 Å². The summed E-state index contributed by atoms with van der Waals surface area (Å²) in [5.74, 6) is 0. The molecule has 1 unspecified atom stereocenters. The van der Waals surface area contributed by atoms with E-state index in [0.717, 1.165) is 32.7 Å². The highest BCUT2D eigenvalue weighted by Gasteiger charge is 2.26. The Morgan fingerprint density at radius 3 is 2.67 bits per heavy atom. The van der Waals surface area contributed by atoms with E-state index in [0.29, 0.717) is 11.5 Å². The maximum absolute atomic E-state index is 5.96. The fraction of sp³-hybridized carbons (Fsp3) is 1.00. The molecule has 0 radical (unpaired) electrons. The van der Waals surface area contributed by atoms with Crippen LogP contribution in [0, 0.1) is 5.41 Å². The molecule has 0 bridgehead atoms. The third-order valence-corrected chi connectivity index (χ3v) is 3.32. The van der Waals surface area contributed by atoms with E-state index in [4.69, 9.17) is 10.5 Å². The molecule has 0 aliphatic carbocycles. The number of hydrogen-bond acceptors (Lipinski definition) is 3. The van der Waals surface area contributed by atoms with E-state index in [-0.39, 0.29) is 0 Å². The monoisotopic (exact) mass is 214 g/mol. The summed E-state index contributed by atoms with van der Waals surface area (Å²) in [5.41, 5.74) is 6.38. The highest BCUT2D eigenvalue weighted by Crippen LogP contribution is 2.28. The van der Waals surface area contributed by atoms with Crippen molar-refractivity contribution in [1.82, 2.24) is 5.32 Å². The first kappa shape index (κ1) is 12.9. The Morgan fingerprint density at radius 1 is 1.40 bits per heavy atom. The second-order valence-corrected chi connectivity index (χ2v) is 5.10. The van der Waals surface area contributed by atoms with Gasteiger partial charge in [-0.25, -0.2) is 0 Å². The standard InChI is InChI=1S/C12H26N2O/c1-3-4-11(13)9-14-10-12(2)5-7-15-8-6-12/h11,14H,3-10,13H2,1-2H3. The molecule has 1 atom stereocenters. The largest absolute Gasteiger partial charge is 0.381 e. The van der Waals surface area contributed by atoms with Gasteiger partial charge in [0.25, 0.3) is 0 Å². The zero-order valence-corrected chi connectivity index (χ0v) is 10.2. The first-order valence-electron chi connectivity index (χ1n) is 6.20. The van der Waals surface area contributed by atoms with Crippen molar-refractivity contribution in [3.05, 3.63) is 0 Å². The van der Waals surface area contributed by atoms with Gasteiger partial charge in [0.15, 0.2) is 0 Å². The minimum absolute atomic E-state index is 0.318. The van der Waals surface area contributed by atoms with Crippen molar-refractivity contribution < 1.29 is 4.74 Å². The Balaban J connectivity index is 2.12. The van der Waals surface area contributed by atoms with Crippen molar-refractivity contribution in [3.63, 3.8) is 0 Å². The molecule has 0 amide bonds. The summed E-state index contributed by atoms with van der Waals surface area (Å²) in [4.78, 5) is 0. The Morgan fingerprint density at radius 2 is 2.07 bits per heavy atom. The van der Waals surface area contributed by atoms with Crippen LogP contribution in [0.3, 0.4) is 0 Å². The molecule has 3 nitrogen and oxygen atoms in total. The Labute approximate surface area is 93.8 Å². The van der Waals surface area contributed by atoms with Crippen LogP contribution in [0.25, 0.3) is 0 Å². The van der Waals surface area contributed by atoms with Crippen molar-refractivity contribution in [2.24, 2.45) is 11.1 Å². The van der Waals surface area contributed by atoms with Gasteiger partial charge >= 0.3 is 0 Å². The summed E-state index contributed by atoms with van der Waals surface area (Å²) >= 11 is 0. The van der Waals surface area contributed by atoms with Crippen LogP contribution in [0.15, 0.2) is 0 Å². The third kappa shape index (κ3) is 4.96. The van der Waals surface area contributed by atoms with Gasteiger partial charge in [-0.1, -0.05) is 20.3 Å². The van der Waals surface area contributed by atoms with Gasteiger partial charge < -0.3 is 15.8 Å². The van der Waals surface area contributed by atoms with E-state index in [1.54, 1.807) is 0 Å². The number of rotatable bonds is 6. The summed E-state index contributed by atoms with van der Waals surface area (Å²) in [6.07, 6.45) is 4.63. The van der Waals surface area contributed by atoms with Gasteiger partial charge in [0.2, 0.25) is 0 Å². The van der Waals surface area contributed by atoms with Crippen LogP contribution < -0.4 is 11.1 Å². The van der Waals surface area contributed by atoms with Crippen molar-refractivity contribution in [1.29, 1.82) is 0 Å². The SMILES string of the molecule is CCCC(N)CNCC1(C)CCOCC1. The zero-order valence-electron chi connectivity index (χ0n) is 10.2. The van der Waals surface area contributed by atoms with E-state index in [2.05, 4.69) is 19.2 Å². The average Bonchev–Trinajstić information content (AvgIpc) is 2.19. The molecule has 1 aliphatic heterocycles. The molecule has 3 N–H and O–H groups in total. The van der Waals surface area contributed by atoms with Gasteiger partial charge in [-0.05, 0) is 24.7 Å². The lowest BCUT2D eigenvalue weighted by molar-refractivity contribution is 0.0240. The van der Waals surface area contributed by atoms with Crippen LogP contribution in [0.2, 0.25) is 0 Å². The molecule has 3 heteroatoms. The van der Waals surface area contributed by atoms with Crippen LogP contribution in [0.5, 0.6) is 0 Å². The lowest BCUT2D eigenvalue weighted by Crippen LogP contribution is -2.41. The molecule has 15 heavy (non-hydrogen) atoms. The molecule has 1 aliphatic rings. The van der Waals surface area contributed by atoms with Crippen LogP contribution >= 0.6 is 0 Å².